The Kier molecular flexibility index (Phi) is 54.1. The standard InChI is InChI=1S/C63H122NO8P/c1-6-8-10-12-14-16-18-20-21-22-23-24-25-26-27-28-29-30-31-32-33-34-35-36-37-38-39-40-41-42-43-44-46-48-50-52-54-56-63(66)72-61(60-71-73(67,68)70-58-57-64(3,4)5)59-69-62(65)55-53-51-49-47-45-19-17-15-13-11-9-7-2/h18,20,22-23,61H,6-17,19,21,24-60H2,1-5H3/b20-18-,23-22-. The van der Waals surface area contributed by atoms with Crippen molar-refractivity contribution in [3.8, 4) is 0 Å². The molecule has 0 aromatic rings. The van der Waals surface area contributed by atoms with Crippen molar-refractivity contribution in [1.29, 1.82) is 0 Å². The van der Waals surface area contributed by atoms with Crippen LogP contribution in [0.4, 0.5) is 0 Å². The molecule has 9 nitrogen and oxygen atoms in total. The molecule has 0 heterocycles. The summed E-state index contributed by atoms with van der Waals surface area (Å²) in [5.41, 5.74) is 0. The van der Waals surface area contributed by atoms with Gasteiger partial charge in [0.25, 0.3) is 7.82 Å². The SMILES string of the molecule is CCCCCCC/C=C\C/C=C\CCCCCCCCCCCCCCCCCCCCCCCCCCCC(=O)OC(COC(=O)CCCCCCCCCCCCCC)COP(=O)([O-])OCC[N+](C)(C)C. The summed E-state index contributed by atoms with van der Waals surface area (Å²) in [5, 5.41) is 0. The third-order valence-corrected chi connectivity index (χ3v) is 15.2. The Morgan fingerprint density at radius 3 is 1.08 bits per heavy atom. The number of ether oxygens (including phenoxy) is 2. The normalized spacial score (nSPS) is 13.3. The summed E-state index contributed by atoms with van der Waals surface area (Å²) in [4.78, 5) is 37.8. The fourth-order valence-electron chi connectivity index (χ4n) is 9.34. The number of phosphoric acid groups is 1. The maximum Gasteiger partial charge on any atom is 0.306 e. The Hall–Kier alpha value is -1.51. The van der Waals surface area contributed by atoms with Crippen molar-refractivity contribution in [2.45, 2.75) is 322 Å². The molecule has 0 saturated carbocycles. The molecule has 0 aliphatic carbocycles. The minimum absolute atomic E-state index is 0.0267. The molecular formula is C63H122NO8P. The summed E-state index contributed by atoms with van der Waals surface area (Å²) in [5.74, 6) is -0.816. The van der Waals surface area contributed by atoms with Gasteiger partial charge in [0.15, 0.2) is 6.10 Å². The second-order valence-electron chi connectivity index (χ2n) is 22.8. The number of unbranched alkanes of at least 4 members (excludes halogenated alkanes) is 41. The van der Waals surface area contributed by atoms with Gasteiger partial charge in [0.2, 0.25) is 0 Å². The molecule has 2 unspecified atom stereocenters. The molecule has 0 saturated heterocycles. The largest absolute Gasteiger partial charge is 0.756 e. The van der Waals surface area contributed by atoms with Gasteiger partial charge in [0.05, 0.1) is 27.7 Å². The number of hydrogen-bond donors (Lipinski definition) is 0. The van der Waals surface area contributed by atoms with Crippen molar-refractivity contribution in [2.75, 3.05) is 47.5 Å². The van der Waals surface area contributed by atoms with Crippen molar-refractivity contribution in [3.63, 3.8) is 0 Å². The maximum atomic E-state index is 12.8. The molecule has 0 aromatic carbocycles. The van der Waals surface area contributed by atoms with E-state index in [4.69, 9.17) is 18.5 Å². The number of esters is 2. The van der Waals surface area contributed by atoms with Crippen LogP contribution in [0.1, 0.15) is 316 Å². The van der Waals surface area contributed by atoms with Gasteiger partial charge in [0, 0.05) is 12.8 Å². The van der Waals surface area contributed by atoms with E-state index >= 15 is 0 Å². The lowest BCUT2D eigenvalue weighted by Crippen LogP contribution is -2.37. The Labute approximate surface area is 453 Å². The third kappa shape index (κ3) is 59.6. The van der Waals surface area contributed by atoms with E-state index in [1.165, 1.54) is 244 Å². The Morgan fingerprint density at radius 1 is 0.425 bits per heavy atom. The van der Waals surface area contributed by atoms with Crippen molar-refractivity contribution in [3.05, 3.63) is 24.3 Å². The van der Waals surface area contributed by atoms with Crippen molar-refractivity contribution in [2.24, 2.45) is 0 Å². The van der Waals surface area contributed by atoms with Crippen LogP contribution in [0.3, 0.4) is 0 Å². The number of rotatable bonds is 59. The summed E-state index contributed by atoms with van der Waals surface area (Å²) >= 11 is 0. The Balaban J connectivity index is 3.87. The first kappa shape index (κ1) is 71.5. The second-order valence-corrected chi connectivity index (χ2v) is 24.2. The zero-order chi connectivity index (χ0) is 53.5. The molecule has 0 aliphatic rings. The van der Waals surface area contributed by atoms with Gasteiger partial charge >= 0.3 is 11.9 Å². The molecule has 0 amide bonds. The summed E-state index contributed by atoms with van der Waals surface area (Å²) in [6, 6.07) is 0. The van der Waals surface area contributed by atoms with Gasteiger partial charge in [-0.1, -0.05) is 282 Å². The van der Waals surface area contributed by atoms with E-state index in [0.717, 1.165) is 38.5 Å². The van der Waals surface area contributed by atoms with Crippen LogP contribution in [-0.2, 0) is 32.7 Å². The van der Waals surface area contributed by atoms with Crippen LogP contribution in [0.25, 0.3) is 0 Å². The first-order valence-electron chi connectivity index (χ1n) is 31.5. The Morgan fingerprint density at radius 2 is 0.740 bits per heavy atom. The van der Waals surface area contributed by atoms with Crippen LogP contribution in [0, 0.1) is 0 Å². The first-order chi connectivity index (χ1) is 35.5. The van der Waals surface area contributed by atoms with E-state index in [9.17, 15) is 19.0 Å². The number of phosphoric ester groups is 1. The van der Waals surface area contributed by atoms with Crippen LogP contribution < -0.4 is 4.89 Å². The summed E-state index contributed by atoms with van der Waals surface area (Å²) < 4.78 is 34.1. The van der Waals surface area contributed by atoms with Crippen LogP contribution in [0.15, 0.2) is 24.3 Å². The molecule has 0 N–H and O–H groups in total. The highest BCUT2D eigenvalue weighted by Gasteiger charge is 2.22. The monoisotopic (exact) mass is 1050 g/mol. The van der Waals surface area contributed by atoms with E-state index < -0.39 is 26.5 Å². The number of carbonyl (C=O) groups is 2. The van der Waals surface area contributed by atoms with Gasteiger partial charge in [-0.25, -0.2) is 0 Å². The lowest BCUT2D eigenvalue weighted by atomic mass is 10.0. The van der Waals surface area contributed by atoms with Crippen LogP contribution in [0.2, 0.25) is 0 Å². The number of likely N-dealkylation sites (N-methyl/N-ethyl adjacent to an activating group) is 1. The van der Waals surface area contributed by atoms with Gasteiger partial charge in [-0.3, -0.25) is 14.2 Å². The predicted octanol–water partition coefficient (Wildman–Crippen LogP) is 19.1. The van der Waals surface area contributed by atoms with Gasteiger partial charge < -0.3 is 27.9 Å². The zero-order valence-corrected chi connectivity index (χ0v) is 50.0. The molecule has 0 spiro atoms. The minimum atomic E-state index is -4.63. The highest BCUT2D eigenvalue weighted by molar-refractivity contribution is 7.45. The second kappa shape index (κ2) is 55.3. The summed E-state index contributed by atoms with van der Waals surface area (Å²) in [6.07, 6.45) is 66.9. The molecule has 0 radical (unpaired) electrons. The van der Waals surface area contributed by atoms with Crippen molar-refractivity contribution >= 4 is 19.8 Å². The number of hydrogen-bond acceptors (Lipinski definition) is 8. The molecule has 2 atom stereocenters. The molecule has 0 aromatic heterocycles. The molecule has 73 heavy (non-hydrogen) atoms. The van der Waals surface area contributed by atoms with Gasteiger partial charge in [-0.15, -0.1) is 0 Å². The fourth-order valence-corrected chi connectivity index (χ4v) is 10.1. The molecule has 0 fully saturated rings. The minimum Gasteiger partial charge on any atom is -0.756 e. The molecule has 10 heteroatoms. The molecule has 432 valence electrons. The van der Waals surface area contributed by atoms with E-state index in [-0.39, 0.29) is 32.0 Å². The van der Waals surface area contributed by atoms with Crippen LogP contribution in [-0.4, -0.2) is 70.0 Å². The summed E-state index contributed by atoms with van der Waals surface area (Å²) in [7, 11) is 1.19. The molecule has 0 bridgehead atoms. The lowest BCUT2D eigenvalue weighted by molar-refractivity contribution is -0.870. The molecule has 0 aliphatic heterocycles. The van der Waals surface area contributed by atoms with E-state index in [2.05, 4.69) is 38.2 Å². The fraction of sp³-hybridized carbons (Fsp3) is 0.905. The number of nitrogens with zero attached hydrogens (tertiary/aromatic N) is 1. The van der Waals surface area contributed by atoms with E-state index in [0.29, 0.717) is 17.4 Å². The summed E-state index contributed by atoms with van der Waals surface area (Å²) in [6.45, 7) is 4.27. The Bertz CT molecular complexity index is 1280. The molecule has 0 rings (SSSR count). The lowest BCUT2D eigenvalue weighted by Gasteiger charge is -2.28. The zero-order valence-electron chi connectivity index (χ0n) is 49.1. The predicted molar refractivity (Wildman–Crippen MR) is 310 cm³/mol. The number of carbonyl (C=O) groups excluding carboxylic acids is 2. The van der Waals surface area contributed by atoms with E-state index in [1.807, 2.05) is 21.1 Å². The van der Waals surface area contributed by atoms with Gasteiger partial charge in [-0.2, -0.15) is 0 Å². The topological polar surface area (TPSA) is 111 Å². The quantitative estimate of drug-likeness (QED) is 0.0195. The van der Waals surface area contributed by atoms with Crippen LogP contribution in [0.5, 0.6) is 0 Å². The van der Waals surface area contributed by atoms with Crippen molar-refractivity contribution < 1.29 is 42.1 Å². The smallest absolute Gasteiger partial charge is 0.306 e. The number of allylic oxidation sites excluding steroid dienone is 4. The average Bonchev–Trinajstić information content (AvgIpc) is 3.35. The number of quaternary nitrogens is 1. The van der Waals surface area contributed by atoms with E-state index in [1.54, 1.807) is 0 Å². The highest BCUT2D eigenvalue weighted by Crippen LogP contribution is 2.38. The van der Waals surface area contributed by atoms with Crippen LogP contribution >= 0.6 is 7.82 Å². The maximum absolute atomic E-state index is 12.8. The highest BCUT2D eigenvalue weighted by atomic mass is 31.2. The van der Waals surface area contributed by atoms with Gasteiger partial charge in [-0.05, 0) is 44.9 Å². The van der Waals surface area contributed by atoms with Gasteiger partial charge in [0.1, 0.15) is 19.8 Å². The first-order valence-corrected chi connectivity index (χ1v) is 33.0. The molecular weight excluding hydrogens is 930 g/mol. The average molecular weight is 1050 g/mol. The third-order valence-electron chi connectivity index (χ3n) is 14.2. The van der Waals surface area contributed by atoms with Crippen molar-refractivity contribution in [1.82, 2.24) is 0 Å².